The number of benzene rings is 1. The highest BCUT2D eigenvalue weighted by atomic mass is 16.6. The summed E-state index contributed by atoms with van der Waals surface area (Å²) in [5.41, 5.74) is 1.45. The zero-order valence-corrected chi connectivity index (χ0v) is 10.6. The van der Waals surface area contributed by atoms with Crippen LogP contribution in [0, 0.1) is 5.41 Å². The van der Waals surface area contributed by atoms with Crippen LogP contribution in [0.15, 0.2) is 42.4 Å². The van der Waals surface area contributed by atoms with Crippen molar-refractivity contribution in [2.75, 3.05) is 13.2 Å². The maximum absolute atomic E-state index is 5.62. The van der Waals surface area contributed by atoms with Gasteiger partial charge in [0.2, 0.25) is 0 Å². The number of rotatable bonds is 3. The average Bonchev–Trinajstić information content (AvgIpc) is 2.33. The van der Waals surface area contributed by atoms with Crippen LogP contribution >= 0.6 is 0 Å². The summed E-state index contributed by atoms with van der Waals surface area (Å²) < 4.78 is 11.2. The number of hydrogen-bond donors (Lipinski definition) is 0. The molecule has 1 aliphatic heterocycles. The van der Waals surface area contributed by atoms with E-state index in [9.17, 15) is 0 Å². The molecule has 17 heavy (non-hydrogen) atoms. The molecule has 1 fully saturated rings. The molecule has 0 aliphatic carbocycles. The topological polar surface area (TPSA) is 18.5 Å². The highest BCUT2D eigenvalue weighted by Crippen LogP contribution is 2.21. The van der Waals surface area contributed by atoms with Gasteiger partial charge in [-0.25, -0.2) is 0 Å². The molecule has 1 heterocycles. The van der Waals surface area contributed by atoms with E-state index in [4.69, 9.17) is 9.31 Å². The van der Waals surface area contributed by atoms with Crippen LogP contribution in [0.3, 0.4) is 0 Å². The normalized spacial score (nSPS) is 19.8. The maximum atomic E-state index is 5.62. The summed E-state index contributed by atoms with van der Waals surface area (Å²) >= 11 is 0. The molecule has 3 heteroatoms. The summed E-state index contributed by atoms with van der Waals surface area (Å²) in [4.78, 5) is 0. The molecule has 0 unspecified atom stereocenters. The molecule has 0 atom stereocenters. The third kappa shape index (κ3) is 4.02. The summed E-state index contributed by atoms with van der Waals surface area (Å²) in [6.45, 7) is 5.81. The Balaban J connectivity index is 1.79. The Kier molecular flexibility index (Phi) is 4.03. The molecular weight excluding hydrogens is 211 g/mol. The van der Waals surface area contributed by atoms with Crippen molar-refractivity contribution in [3.8, 4) is 0 Å². The molecule has 0 bridgehead atoms. The van der Waals surface area contributed by atoms with Gasteiger partial charge in [-0.1, -0.05) is 56.2 Å². The van der Waals surface area contributed by atoms with Crippen LogP contribution in [0.4, 0.5) is 0 Å². The fraction of sp³-hybridized carbons (Fsp3) is 0.429. The van der Waals surface area contributed by atoms with Crippen molar-refractivity contribution in [1.82, 2.24) is 0 Å². The third-order valence-electron chi connectivity index (χ3n) is 2.77. The van der Waals surface area contributed by atoms with Gasteiger partial charge in [0.15, 0.2) is 0 Å². The molecule has 1 aliphatic rings. The summed E-state index contributed by atoms with van der Waals surface area (Å²) in [6, 6.07) is 10.4. The van der Waals surface area contributed by atoms with Gasteiger partial charge in [0.1, 0.15) is 0 Å². The lowest BCUT2D eigenvalue weighted by Crippen LogP contribution is -2.39. The minimum atomic E-state index is -0.174. The largest absolute Gasteiger partial charge is 0.485 e. The fourth-order valence-electron chi connectivity index (χ4n) is 1.75. The second-order valence-electron chi connectivity index (χ2n) is 5.27. The Bertz CT molecular complexity index is 363. The van der Waals surface area contributed by atoms with E-state index in [-0.39, 0.29) is 12.5 Å². The van der Waals surface area contributed by atoms with E-state index < -0.39 is 0 Å². The SMILES string of the molecule is CC1(C)COB(/C=C/Cc2ccccc2)OC1. The first-order valence-corrected chi connectivity index (χ1v) is 6.10. The van der Waals surface area contributed by atoms with Gasteiger partial charge in [-0.15, -0.1) is 0 Å². The predicted octanol–water partition coefficient (Wildman–Crippen LogP) is 2.89. The van der Waals surface area contributed by atoms with Gasteiger partial charge >= 0.3 is 7.12 Å². The molecule has 1 saturated heterocycles. The van der Waals surface area contributed by atoms with E-state index in [1.807, 2.05) is 12.0 Å². The van der Waals surface area contributed by atoms with Gasteiger partial charge in [0, 0.05) is 18.6 Å². The van der Waals surface area contributed by atoms with Gasteiger partial charge in [0.05, 0.1) is 0 Å². The van der Waals surface area contributed by atoms with Crippen molar-refractivity contribution in [1.29, 1.82) is 0 Å². The van der Waals surface area contributed by atoms with E-state index in [0.717, 1.165) is 19.6 Å². The summed E-state index contributed by atoms with van der Waals surface area (Å²) in [5, 5.41) is 0. The Morgan fingerprint density at radius 2 is 1.82 bits per heavy atom. The predicted molar refractivity (Wildman–Crippen MR) is 70.7 cm³/mol. The summed E-state index contributed by atoms with van der Waals surface area (Å²) in [7, 11) is -0.174. The molecule has 0 aromatic heterocycles. The second-order valence-corrected chi connectivity index (χ2v) is 5.27. The van der Waals surface area contributed by atoms with Gasteiger partial charge in [0.25, 0.3) is 0 Å². The van der Waals surface area contributed by atoms with Crippen LogP contribution < -0.4 is 0 Å². The summed E-state index contributed by atoms with van der Waals surface area (Å²) in [6.07, 6.45) is 3.03. The highest BCUT2D eigenvalue weighted by Gasteiger charge is 2.29. The van der Waals surface area contributed by atoms with Gasteiger partial charge in [-0.3, -0.25) is 0 Å². The Labute approximate surface area is 104 Å². The number of hydrogen-bond acceptors (Lipinski definition) is 2. The van der Waals surface area contributed by atoms with Crippen molar-refractivity contribution in [2.24, 2.45) is 5.41 Å². The van der Waals surface area contributed by atoms with Crippen molar-refractivity contribution in [3.63, 3.8) is 0 Å². The van der Waals surface area contributed by atoms with Crippen LogP contribution in [0.2, 0.25) is 0 Å². The van der Waals surface area contributed by atoms with Gasteiger partial charge in [-0.2, -0.15) is 0 Å². The molecular formula is C14H19BO2. The zero-order chi connectivity index (χ0) is 12.1. The van der Waals surface area contributed by atoms with Gasteiger partial charge < -0.3 is 9.31 Å². The zero-order valence-electron chi connectivity index (χ0n) is 10.6. The third-order valence-corrected chi connectivity index (χ3v) is 2.77. The molecule has 0 radical (unpaired) electrons. The summed E-state index contributed by atoms with van der Waals surface area (Å²) in [5.74, 6) is 2.00. The van der Waals surface area contributed by atoms with Crippen LogP contribution in [-0.2, 0) is 15.7 Å². The number of allylic oxidation sites excluding steroid dienone is 1. The Morgan fingerprint density at radius 3 is 2.47 bits per heavy atom. The Hall–Kier alpha value is -1.06. The smallest absolute Gasteiger partial charge is 0.407 e. The first-order chi connectivity index (χ1) is 8.16. The molecule has 90 valence electrons. The van der Waals surface area contributed by atoms with E-state index in [0.29, 0.717) is 0 Å². The fourth-order valence-corrected chi connectivity index (χ4v) is 1.75. The van der Waals surface area contributed by atoms with Crippen LogP contribution in [0.5, 0.6) is 0 Å². The van der Waals surface area contributed by atoms with Crippen LogP contribution in [0.1, 0.15) is 19.4 Å². The monoisotopic (exact) mass is 230 g/mol. The molecule has 1 aromatic rings. The Morgan fingerprint density at radius 1 is 1.18 bits per heavy atom. The van der Waals surface area contributed by atoms with Crippen molar-refractivity contribution >= 4 is 7.12 Å². The highest BCUT2D eigenvalue weighted by molar-refractivity contribution is 6.50. The molecule has 0 saturated carbocycles. The second kappa shape index (κ2) is 5.52. The van der Waals surface area contributed by atoms with Crippen LogP contribution in [0.25, 0.3) is 0 Å². The lowest BCUT2D eigenvalue weighted by molar-refractivity contribution is 0.0336. The quantitative estimate of drug-likeness (QED) is 0.743. The van der Waals surface area contributed by atoms with E-state index >= 15 is 0 Å². The minimum Gasteiger partial charge on any atom is -0.407 e. The molecule has 1 aromatic carbocycles. The lowest BCUT2D eigenvalue weighted by Gasteiger charge is -2.31. The molecule has 2 nitrogen and oxygen atoms in total. The minimum absolute atomic E-state index is 0.143. The van der Waals surface area contributed by atoms with E-state index in [2.05, 4.69) is 44.2 Å². The first kappa shape index (κ1) is 12.4. The van der Waals surface area contributed by atoms with Crippen molar-refractivity contribution < 1.29 is 9.31 Å². The maximum Gasteiger partial charge on any atom is 0.485 e. The van der Waals surface area contributed by atoms with Crippen molar-refractivity contribution in [3.05, 3.63) is 47.9 Å². The van der Waals surface area contributed by atoms with Crippen LogP contribution in [-0.4, -0.2) is 20.3 Å². The lowest BCUT2D eigenvalue weighted by atomic mass is 9.83. The molecule has 0 amide bonds. The van der Waals surface area contributed by atoms with E-state index in [1.54, 1.807) is 0 Å². The van der Waals surface area contributed by atoms with Gasteiger partial charge in [-0.05, 0) is 12.0 Å². The molecule has 0 spiro atoms. The molecule has 2 rings (SSSR count). The molecule has 0 N–H and O–H groups in total. The first-order valence-electron chi connectivity index (χ1n) is 6.10. The average molecular weight is 230 g/mol. The standard InChI is InChI=1S/C14H19BO2/c1-14(2)11-16-15(17-12-14)10-6-9-13-7-4-3-5-8-13/h3-8,10H,9,11-12H2,1-2H3/b10-6+. The van der Waals surface area contributed by atoms with E-state index in [1.165, 1.54) is 5.56 Å². The van der Waals surface area contributed by atoms with Crippen molar-refractivity contribution in [2.45, 2.75) is 20.3 Å².